The van der Waals surface area contributed by atoms with Crippen LogP contribution in [0.15, 0.2) is 24.3 Å². The van der Waals surface area contributed by atoms with E-state index in [0.717, 1.165) is 18.6 Å². The number of ether oxygens (including phenoxy) is 2. The summed E-state index contributed by atoms with van der Waals surface area (Å²) < 4.78 is 11.0. The predicted octanol–water partition coefficient (Wildman–Crippen LogP) is 2.59. The van der Waals surface area contributed by atoms with Crippen LogP contribution >= 0.6 is 0 Å². The largest absolute Gasteiger partial charge is 0.384 e. The Morgan fingerprint density at radius 2 is 2.09 bits per heavy atom. The Morgan fingerprint density at radius 3 is 2.73 bits per heavy atom. The van der Waals surface area contributed by atoms with E-state index in [4.69, 9.17) is 9.47 Å². The highest BCUT2D eigenvalue weighted by Gasteiger charge is 2.54. The zero-order valence-corrected chi connectivity index (χ0v) is 13.5. The summed E-state index contributed by atoms with van der Waals surface area (Å²) in [5.41, 5.74) is 1.98. The molecule has 22 heavy (non-hydrogen) atoms. The zero-order chi connectivity index (χ0) is 15.7. The normalized spacial score (nSPS) is 30.0. The standard InChI is InChI=1S/C18H25NO3/c1-11(2)12-4-6-13(7-5-12)18(20)19-16-14-8-9-22-17(14)15(16)10-21-3/h4-7,11,14-17H,8-10H2,1-3H3,(H,19,20)/t14-,15-,16-,17-/m0/s1. The van der Waals surface area contributed by atoms with Crippen molar-refractivity contribution in [3.05, 3.63) is 35.4 Å². The van der Waals surface area contributed by atoms with E-state index in [0.29, 0.717) is 18.4 Å². The van der Waals surface area contributed by atoms with Gasteiger partial charge in [-0.05, 0) is 30.0 Å². The zero-order valence-electron chi connectivity index (χ0n) is 13.5. The van der Waals surface area contributed by atoms with Gasteiger partial charge in [-0.1, -0.05) is 26.0 Å². The number of methoxy groups -OCH3 is 1. The first-order valence-electron chi connectivity index (χ1n) is 8.13. The van der Waals surface area contributed by atoms with Crippen molar-refractivity contribution < 1.29 is 14.3 Å². The number of hydrogen-bond acceptors (Lipinski definition) is 3. The molecular weight excluding hydrogens is 278 g/mol. The molecule has 1 heterocycles. The van der Waals surface area contributed by atoms with Crippen molar-refractivity contribution in [1.29, 1.82) is 0 Å². The number of nitrogens with one attached hydrogen (secondary N) is 1. The summed E-state index contributed by atoms with van der Waals surface area (Å²) in [6.07, 6.45) is 1.29. The molecule has 1 amide bonds. The van der Waals surface area contributed by atoms with Crippen LogP contribution in [0, 0.1) is 11.8 Å². The number of carbonyl (C=O) groups is 1. The van der Waals surface area contributed by atoms with Crippen molar-refractivity contribution >= 4 is 5.91 Å². The second kappa shape index (κ2) is 6.39. The third-order valence-corrected chi connectivity index (χ3v) is 5.02. The summed E-state index contributed by atoms with van der Waals surface area (Å²) in [5.74, 6) is 1.20. The lowest BCUT2D eigenvalue weighted by molar-refractivity contribution is -0.0809. The first-order valence-corrected chi connectivity index (χ1v) is 8.13. The van der Waals surface area contributed by atoms with Crippen molar-refractivity contribution in [1.82, 2.24) is 5.32 Å². The van der Waals surface area contributed by atoms with Crippen LogP contribution < -0.4 is 5.32 Å². The molecule has 1 aliphatic carbocycles. The molecule has 4 atom stereocenters. The minimum atomic E-state index is 0.00626. The molecule has 0 unspecified atom stereocenters. The van der Waals surface area contributed by atoms with Crippen molar-refractivity contribution in [3.63, 3.8) is 0 Å². The molecule has 4 nitrogen and oxygen atoms in total. The van der Waals surface area contributed by atoms with E-state index < -0.39 is 0 Å². The summed E-state index contributed by atoms with van der Waals surface area (Å²) in [5, 5.41) is 3.19. The molecule has 120 valence electrons. The third kappa shape index (κ3) is 2.77. The smallest absolute Gasteiger partial charge is 0.251 e. The van der Waals surface area contributed by atoms with E-state index in [1.165, 1.54) is 5.56 Å². The van der Waals surface area contributed by atoms with E-state index >= 15 is 0 Å². The van der Waals surface area contributed by atoms with Gasteiger partial charge in [0.2, 0.25) is 0 Å². The van der Waals surface area contributed by atoms with Crippen molar-refractivity contribution in [2.45, 2.75) is 38.3 Å². The van der Waals surface area contributed by atoms with Crippen LogP contribution in [0.3, 0.4) is 0 Å². The van der Waals surface area contributed by atoms with Gasteiger partial charge in [0, 0.05) is 37.2 Å². The Morgan fingerprint density at radius 1 is 1.36 bits per heavy atom. The van der Waals surface area contributed by atoms with Gasteiger partial charge in [0.25, 0.3) is 5.91 Å². The van der Waals surface area contributed by atoms with Gasteiger partial charge in [-0.3, -0.25) is 4.79 Å². The molecule has 3 rings (SSSR count). The lowest BCUT2D eigenvalue weighted by Crippen LogP contribution is -2.62. The summed E-state index contributed by atoms with van der Waals surface area (Å²) in [6.45, 7) is 5.74. The molecule has 1 aromatic carbocycles. The average molecular weight is 303 g/mol. The van der Waals surface area contributed by atoms with Crippen molar-refractivity contribution in [2.75, 3.05) is 20.3 Å². The lowest BCUT2D eigenvalue weighted by atomic mass is 9.67. The molecule has 4 heteroatoms. The maximum absolute atomic E-state index is 12.5. The first kappa shape index (κ1) is 15.5. The third-order valence-electron chi connectivity index (χ3n) is 5.02. The Balaban J connectivity index is 1.65. The molecule has 1 saturated heterocycles. The van der Waals surface area contributed by atoms with Gasteiger partial charge in [0.1, 0.15) is 0 Å². The van der Waals surface area contributed by atoms with E-state index in [2.05, 4.69) is 19.2 Å². The van der Waals surface area contributed by atoms with Gasteiger partial charge in [0.15, 0.2) is 0 Å². The SMILES string of the molecule is COC[C@H]1[C@@H](NC(=O)c2ccc(C(C)C)cc2)[C@@H]2CCO[C@@H]21. The number of hydrogen-bond donors (Lipinski definition) is 1. The van der Waals surface area contributed by atoms with E-state index in [9.17, 15) is 4.79 Å². The molecular formula is C18H25NO3. The summed E-state index contributed by atoms with van der Waals surface area (Å²) in [7, 11) is 1.70. The maximum atomic E-state index is 12.5. The number of amides is 1. The van der Waals surface area contributed by atoms with Gasteiger partial charge in [-0.25, -0.2) is 0 Å². The number of carbonyl (C=O) groups excluding carboxylic acids is 1. The second-order valence-electron chi connectivity index (χ2n) is 6.68. The van der Waals surface area contributed by atoms with Gasteiger partial charge in [-0.2, -0.15) is 0 Å². The lowest BCUT2D eigenvalue weighted by Gasteiger charge is -2.47. The fourth-order valence-electron chi connectivity index (χ4n) is 3.69. The summed E-state index contributed by atoms with van der Waals surface area (Å²) in [6, 6.07) is 8.07. The number of benzene rings is 1. The van der Waals surface area contributed by atoms with Crippen LogP contribution in [-0.4, -0.2) is 38.4 Å². The minimum Gasteiger partial charge on any atom is -0.384 e. The molecule has 0 radical (unpaired) electrons. The Bertz CT molecular complexity index is 526. The second-order valence-corrected chi connectivity index (χ2v) is 6.68. The molecule has 2 aliphatic rings. The van der Waals surface area contributed by atoms with Crippen LogP contribution in [0.5, 0.6) is 0 Å². The molecule has 1 N–H and O–H groups in total. The monoisotopic (exact) mass is 303 g/mol. The topological polar surface area (TPSA) is 47.6 Å². The van der Waals surface area contributed by atoms with E-state index in [-0.39, 0.29) is 24.0 Å². The fraction of sp³-hybridized carbons (Fsp3) is 0.611. The Labute approximate surface area is 132 Å². The number of fused-ring (bicyclic) bond motifs is 1. The number of rotatable bonds is 5. The first-order chi connectivity index (χ1) is 10.6. The summed E-state index contributed by atoms with van der Waals surface area (Å²) in [4.78, 5) is 12.5. The van der Waals surface area contributed by atoms with E-state index in [1.807, 2.05) is 24.3 Å². The molecule has 1 aliphatic heterocycles. The van der Waals surface area contributed by atoms with Crippen molar-refractivity contribution in [2.24, 2.45) is 11.8 Å². The maximum Gasteiger partial charge on any atom is 0.251 e. The van der Waals surface area contributed by atoms with Crippen LogP contribution in [0.2, 0.25) is 0 Å². The quantitative estimate of drug-likeness (QED) is 0.909. The molecule has 0 bridgehead atoms. The highest BCUT2D eigenvalue weighted by Crippen LogP contribution is 2.43. The van der Waals surface area contributed by atoms with Crippen LogP contribution in [-0.2, 0) is 9.47 Å². The van der Waals surface area contributed by atoms with E-state index in [1.54, 1.807) is 7.11 Å². The van der Waals surface area contributed by atoms with Crippen LogP contribution in [0.4, 0.5) is 0 Å². The molecule has 1 saturated carbocycles. The summed E-state index contributed by atoms with van der Waals surface area (Å²) >= 11 is 0. The van der Waals surface area contributed by atoms with Crippen LogP contribution in [0.1, 0.15) is 42.1 Å². The predicted molar refractivity (Wildman–Crippen MR) is 85.0 cm³/mol. The molecule has 1 aromatic rings. The molecule has 0 aromatic heterocycles. The fourth-order valence-corrected chi connectivity index (χ4v) is 3.69. The molecule has 0 spiro atoms. The Kier molecular flexibility index (Phi) is 4.50. The van der Waals surface area contributed by atoms with Crippen LogP contribution in [0.25, 0.3) is 0 Å². The highest BCUT2D eigenvalue weighted by atomic mass is 16.5. The highest BCUT2D eigenvalue weighted by molar-refractivity contribution is 5.94. The van der Waals surface area contributed by atoms with Gasteiger partial charge in [-0.15, -0.1) is 0 Å². The van der Waals surface area contributed by atoms with Gasteiger partial charge < -0.3 is 14.8 Å². The van der Waals surface area contributed by atoms with Crippen molar-refractivity contribution in [3.8, 4) is 0 Å². The minimum absolute atomic E-state index is 0.00626. The molecule has 2 fully saturated rings. The van der Waals surface area contributed by atoms with Gasteiger partial charge in [0.05, 0.1) is 12.7 Å². The Hall–Kier alpha value is -1.39. The average Bonchev–Trinajstić information content (AvgIpc) is 2.94. The van der Waals surface area contributed by atoms with Gasteiger partial charge >= 0.3 is 0 Å².